The van der Waals surface area contributed by atoms with Gasteiger partial charge in [-0.15, -0.1) is 0 Å². The van der Waals surface area contributed by atoms with E-state index >= 15 is 0 Å². The largest absolute Gasteiger partial charge is 0.349 e. The van der Waals surface area contributed by atoms with Gasteiger partial charge in [0.25, 0.3) is 5.91 Å². The Morgan fingerprint density at radius 3 is 3.05 bits per heavy atom. The highest BCUT2D eigenvalue weighted by Gasteiger charge is 2.23. The number of nitrogens with zero attached hydrogens (tertiary/aromatic N) is 1. The minimum Gasteiger partial charge on any atom is -0.349 e. The number of hydrogen-bond acceptors (Lipinski definition) is 2. The van der Waals surface area contributed by atoms with Crippen molar-refractivity contribution < 1.29 is 4.79 Å². The molecule has 0 bridgehead atoms. The summed E-state index contributed by atoms with van der Waals surface area (Å²) >= 11 is 0. The van der Waals surface area contributed by atoms with E-state index in [0.717, 1.165) is 17.3 Å². The van der Waals surface area contributed by atoms with Gasteiger partial charge >= 0.3 is 0 Å². The molecular formula is C15H19N3O. The summed E-state index contributed by atoms with van der Waals surface area (Å²) in [6.45, 7) is 2.23. The minimum atomic E-state index is 0.0295. The SMILES string of the molecule is CC1CCCCC1NC(=O)c1ccc2[nH]ncc2c1. The quantitative estimate of drug-likeness (QED) is 0.869. The number of carbonyl (C=O) groups excluding carboxylic acids is 1. The Hall–Kier alpha value is -1.84. The van der Waals surface area contributed by atoms with Gasteiger partial charge < -0.3 is 5.32 Å². The average molecular weight is 257 g/mol. The topological polar surface area (TPSA) is 57.8 Å². The van der Waals surface area contributed by atoms with Crippen molar-refractivity contribution >= 4 is 16.8 Å². The summed E-state index contributed by atoms with van der Waals surface area (Å²) in [5.41, 5.74) is 1.68. The Kier molecular flexibility index (Phi) is 3.23. The zero-order chi connectivity index (χ0) is 13.2. The van der Waals surface area contributed by atoms with Gasteiger partial charge in [0.1, 0.15) is 0 Å². The highest BCUT2D eigenvalue weighted by atomic mass is 16.1. The van der Waals surface area contributed by atoms with Gasteiger partial charge in [0.15, 0.2) is 0 Å². The van der Waals surface area contributed by atoms with Gasteiger partial charge in [-0.1, -0.05) is 19.8 Å². The Balaban J connectivity index is 1.75. The Morgan fingerprint density at radius 1 is 1.37 bits per heavy atom. The molecular weight excluding hydrogens is 238 g/mol. The molecule has 1 aromatic carbocycles. The first-order valence-corrected chi connectivity index (χ1v) is 6.98. The summed E-state index contributed by atoms with van der Waals surface area (Å²) in [5, 5.41) is 11.0. The summed E-state index contributed by atoms with van der Waals surface area (Å²) in [4.78, 5) is 12.3. The lowest BCUT2D eigenvalue weighted by atomic mass is 9.86. The molecule has 2 aromatic rings. The van der Waals surface area contributed by atoms with Crippen molar-refractivity contribution in [1.82, 2.24) is 15.5 Å². The van der Waals surface area contributed by atoms with Gasteiger partial charge in [-0.25, -0.2) is 0 Å². The lowest BCUT2D eigenvalue weighted by molar-refractivity contribution is 0.0910. The predicted molar refractivity (Wildman–Crippen MR) is 75.0 cm³/mol. The van der Waals surface area contributed by atoms with Crippen LogP contribution in [0.1, 0.15) is 43.0 Å². The number of fused-ring (bicyclic) bond motifs is 1. The summed E-state index contributed by atoms with van der Waals surface area (Å²) in [5.74, 6) is 0.609. The minimum absolute atomic E-state index is 0.0295. The molecule has 3 rings (SSSR count). The molecule has 1 saturated carbocycles. The third kappa shape index (κ3) is 2.48. The molecule has 19 heavy (non-hydrogen) atoms. The fourth-order valence-electron chi connectivity index (χ4n) is 2.87. The monoisotopic (exact) mass is 257 g/mol. The van der Waals surface area contributed by atoms with Crippen LogP contribution < -0.4 is 5.32 Å². The summed E-state index contributed by atoms with van der Waals surface area (Å²) < 4.78 is 0. The van der Waals surface area contributed by atoms with E-state index < -0.39 is 0 Å². The van der Waals surface area contributed by atoms with Crippen molar-refractivity contribution in [2.45, 2.75) is 38.6 Å². The van der Waals surface area contributed by atoms with Crippen LogP contribution in [-0.2, 0) is 0 Å². The molecule has 1 fully saturated rings. The molecule has 1 aliphatic rings. The van der Waals surface area contributed by atoms with Crippen LogP contribution >= 0.6 is 0 Å². The predicted octanol–water partition coefficient (Wildman–Crippen LogP) is 2.87. The van der Waals surface area contributed by atoms with E-state index in [-0.39, 0.29) is 5.91 Å². The first-order valence-electron chi connectivity index (χ1n) is 6.98. The second kappa shape index (κ2) is 5.03. The lowest BCUT2D eigenvalue weighted by Crippen LogP contribution is -2.41. The van der Waals surface area contributed by atoms with E-state index in [0.29, 0.717) is 17.5 Å². The highest BCUT2D eigenvalue weighted by Crippen LogP contribution is 2.24. The Bertz CT molecular complexity index is 590. The van der Waals surface area contributed by atoms with Gasteiger partial charge in [0.2, 0.25) is 0 Å². The molecule has 2 unspecified atom stereocenters. The van der Waals surface area contributed by atoms with Gasteiger partial charge in [-0.05, 0) is 37.0 Å². The molecule has 0 spiro atoms. The second-order valence-corrected chi connectivity index (χ2v) is 5.51. The van der Waals surface area contributed by atoms with Crippen molar-refractivity contribution in [1.29, 1.82) is 0 Å². The molecule has 1 heterocycles. The van der Waals surface area contributed by atoms with Gasteiger partial charge in [-0.3, -0.25) is 9.89 Å². The van der Waals surface area contributed by atoms with Crippen LogP contribution in [0.3, 0.4) is 0 Å². The maximum absolute atomic E-state index is 12.3. The van der Waals surface area contributed by atoms with Crippen LogP contribution in [0.4, 0.5) is 0 Å². The summed E-state index contributed by atoms with van der Waals surface area (Å²) in [7, 11) is 0. The number of amides is 1. The molecule has 1 aromatic heterocycles. The maximum Gasteiger partial charge on any atom is 0.251 e. The van der Waals surface area contributed by atoms with Crippen molar-refractivity contribution in [3.63, 3.8) is 0 Å². The number of aromatic nitrogens is 2. The van der Waals surface area contributed by atoms with Gasteiger partial charge in [0, 0.05) is 17.0 Å². The van der Waals surface area contributed by atoms with Crippen molar-refractivity contribution in [3.8, 4) is 0 Å². The lowest BCUT2D eigenvalue weighted by Gasteiger charge is -2.29. The maximum atomic E-state index is 12.3. The Labute approximate surface area is 112 Å². The van der Waals surface area contributed by atoms with E-state index in [1.165, 1.54) is 19.3 Å². The number of H-pyrrole nitrogens is 1. The fraction of sp³-hybridized carbons (Fsp3) is 0.467. The fourth-order valence-corrected chi connectivity index (χ4v) is 2.87. The molecule has 2 N–H and O–H groups in total. The first kappa shape index (κ1) is 12.2. The van der Waals surface area contributed by atoms with Crippen LogP contribution in [0.5, 0.6) is 0 Å². The standard InChI is InChI=1S/C15H19N3O/c1-10-4-2-3-5-13(10)17-15(19)11-6-7-14-12(8-11)9-16-18-14/h6-10,13H,2-5H2,1H3,(H,16,18)(H,17,19). The van der Waals surface area contributed by atoms with Gasteiger partial charge in [0.05, 0.1) is 11.7 Å². The van der Waals surface area contributed by atoms with Crippen molar-refractivity contribution in [2.75, 3.05) is 0 Å². The molecule has 0 radical (unpaired) electrons. The van der Waals surface area contributed by atoms with Gasteiger partial charge in [-0.2, -0.15) is 5.10 Å². The summed E-state index contributed by atoms with van der Waals surface area (Å²) in [6.07, 6.45) is 6.56. The highest BCUT2D eigenvalue weighted by molar-refractivity contribution is 5.98. The molecule has 1 aliphatic carbocycles. The van der Waals surface area contributed by atoms with E-state index in [1.54, 1.807) is 6.20 Å². The van der Waals surface area contributed by atoms with Crippen LogP contribution in [0, 0.1) is 5.92 Å². The number of hydrogen-bond donors (Lipinski definition) is 2. The van der Waals surface area contributed by atoms with Crippen LogP contribution in [0.2, 0.25) is 0 Å². The zero-order valence-electron chi connectivity index (χ0n) is 11.1. The molecule has 1 amide bonds. The average Bonchev–Trinajstić information content (AvgIpc) is 2.88. The van der Waals surface area contributed by atoms with E-state index in [4.69, 9.17) is 0 Å². The Morgan fingerprint density at radius 2 is 2.21 bits per heavy atom. The first-order chi connectivity index (χ1) is 9.24. The number of rotatable bonds is 2. The molecule has 0 aliphatic heterocycles. The van der Waals surface area contributed by atoms with Crippen molar-refractivity contribution in [2.24, 2.45) is 5.92 Å². The smallest absolute Gasteiger partial charge is 0.251 e. The number of benzene rings is 1. The van der Waals surface area contributed by atoms with Crippen LogP contribution in [-0.4, -0.2) is 22.1 Å². The third-order valence-electron chi connectivity index (χ3n) is 4.13. The number of aromatic amines is 1. The van der Waals surface area contributed by atoms with Crippen LogP contribution in [0.25, 0.3) is 10.9 Å². The third-order valence-corrected chi connectivity index (χ3v) is 4.13. The molecule has 4 heteroatoms. The zero-order valence-corrected chi connectivity index (χ0v) is 11.1. The van der Waals surface area contributed by atoms with E-state index in [9.17, 15) is 4.79 Å². The number of carbonyl (C=O) groups is 1. The van der Waals surface area contributed by atoms with E-state index in [2.05, 4.69) is 22.4 Å². The normalized spacial score (nSPS) is 23.4. The van der Waals surface area contributed by atoms with Crippen molar-refractivity contribution in [3.05, 3.63) is 30.0 Å². The van der Waals surface area contributed by atoms with Crippen LogP contribution in [0.15, 0.2) is 24.4 Å². The molecule has 100 valence electrons. The molecule has 0 saturated heterocycles. The summed E-state index contributed by atoms with van der Waals surface area (Å²) in [6, 6.07) is 5.97. The number of nitrogens with one attached hydrogen (secondary N) is 2. The molecule has 4 nitrogen and oxygen atoms in total. The van der Waals surface area contributed by atoms with E-state index in [1.807, 2.05) is 18.2 Å². The molecule has 2 atom stereocenters. The second-order valence-electron chi connectivity index (χ2n) is 5.51.